The Morgan fingerprint density at radius 1 is 0.953 bits per heavy atom. The Labute approximate surface area is 255 Å². The molecule has 234 valence electrons. The molecular weight excluding hydrogens is 540 g/mol. The van der Waals surface area contributed by atoms with Crippen LogP contribution in [0.4, 0.5) is 10.6 Å². The minimum absolute atomic E-state index is 0.175. The average Bonchev–Trinajstić information content (AvgIpc) is 3.33. The molecule has 0 aliphatic carbocycles. The van der Waals surface area contributed by atoms with Gasteiger partial charge in [0, 0.05) is 73.2 Å². The molecule has 1 aromatic heterocycles. The van der Waals surface area contributed by atoms with Gasteiger partial charge in [0.1, 0.15) is 11.6 Å². The zero-order valence-electron chi connectivity index (χ0n) is 25.7. The lowest BCUT2D eigenvalue weighted by atomic mass is 9.90. The highest BCUT2D eigenvalue weighted by atomic mass is 16.3. The monoisotopic (exact) mass is 590 g/mol. The zero-order chi connectivity index (χ0) is 30.1. The summed E-state index contributed by atoms with van der Waals surface area (Å²) >= 11 is 0. The second-order valence-corrected chi connectivity index (χ2v) is 13.2. The van der Waals surface area contributed by atoms with Gasteiger partial charge in [0.2, 0.25) is 0 Å². The maximum absolute atomic E-state index is 11.4. The molecule has 2 amide bonds. The van der Waals surface area contributed by atoms with Crippen molar-refractivity contribution in [2.24, 2.45) is 17.4 Å². The summed E-state index contributed by atoms with van der Waals surface area (Å²) in [6.45, 7) is 10.8. The van der Waals surface area contributed by atoms with Crippen LogP contribution in [0.2, 0.25) is 0 Å². The number of phenols is 1. The predicted octanol–water partition coefficient (Wildman–Crippen LogP) is 3.40. The Hall–Kier alpha value is -3.21. The predicted molar refractivity (Wildman–Crippen MR) is 172 cm³/mol. The standard InChI is InChI=1S/C33H50N8O2/c1-22-31-27(20-28(34)26-4-2-3-5-30(26)42)32(35)37-29(31)12-19-41(22)25-10-17-39(18-11-25)24-8-13-38(14-9-24)21-23-6-15-40(16-7-23)33(36)43/h2-5,20,22-25,37,42H,6-19,21,34-35H2,1H3,(H2,36,43)/b28-20-. The molecule has 8 N–H and O–H groups in total. The molecule has 6 rings (SSSR count). The Kier molecular flexibility index (Phi) is 8.88. The topological polar surface area (TPSA) is 144 Å². The molecule has 4 aliphatic heterocycles. The number of carbonyl (C=O) groups excluding carboxylic acids is 1. The Balaban J connectivity index is 1.02. The highest BCUT2D eigenvalue weighted by Crippen LogP contribution is 2.39. The van der Waals surface area contributed by atoms with Gasteiger partial charge in [-0.2, -0.15) is 0 Å². The van der Waals surface area contributed by atoms with Crippen molar-refractivity contribution >= 4 is 23.6 Å². The number of phenolic OH excluding ortho intramolecular Hbond substituents is 1. The second kappa shape index (κ2) is 12.8. The summed E-state index contributed by atoms with van der Waals surface area (Å²) in [5, 5.41) is 10.3. The van der Waals surface area contributed by atoms with Crippen molar-refractivity contribution < 1.29 is 9.90 Å². The number of hydrogen-bond acceptors (Lipinski definition) is 7. The fourth-order valence-electron chi connectivity index (χ4n) is 8.24. The van der Waals surface area contributed by atoms with Gasteiger partial charge in [-0.15, -0.1) is 0 Å². The van der Waals surface area contributed by atoms with E-state index in [0.717, 1.165) is 51.0 Å². The number of amides is 2. The molecule has 3 saturated heterocycles. The maximum atomic E-state index is 11.4. The number of carbonyl (C=O) groups is 1. The number of nitrogens with one attached hydrogen (secondary N) is 1. The number of benzene rings is 1. The van der Waals surface area contributed by atoms with E-state index in [9.17, 15) is 9.90 Å². The maximum Gasteiger partial charge on any atom is 0.314 e. The van der Waals surface area contributed by atoms with E-state index in [1.165, 1.54) is 63.1 Å². The van der Waals surface area contributed by atoms with Crippen LogP contribution in [0.3, 0.4) is 0 Å². The first-order valence-corrected chi connectivity index (χ1v) is 16.3. The van der Waals surface area contributed by atoms with Crippen molar-refractivity contribution in [1.82, 2.24) is 24.6 Å². The number of H-pyrrole nitrogens is 1. The van der Waals surface area contributed by atoms with Gasteiger partial charge in [-0.1, -0.05) is 12.1 Å². The number of nitrogens with zero attached hydrogens (tertiary/aromatic N) is 4. The van der Waals surface area contributed by atoms with Crippen LogP contribution in [-0.4, -0.2) is 100 Å². The molecule has 43 heavy (non-hydrogen) atoms. The molecule has 4 aliphatic rings. The van der Waals surface area contributed by atoms with Crippen LogP contribution in [0.1, 0.15) is 73.9 Å². The molecular formula is C33H50N8O2. The van der Waals surface area contributed by atoms with E-state index in [4.69, 9.17) is 17.2 Å². The van der Waals surface area contributed by atoms with Gasteiger partial charge in [-0.3, -0.25) is 4.90 Å². The lowest BCUT2D eigenvalue weighted by Gasteiger charge is -2.47. The molecule has 5 heterocycles. The zero-order valence-corrected chi connectivity index (χ0v) is 25.7. The number of hydrogen-bond donors (Lipinski definition) is 5. The number of aromatic nitrogens is 1. The number of rotatable bonds is 6. The summed E-state index contributed by atoms with van der Waals surface area (Å²) in [6, 6.07) is 8.40. The Bertz CT molecular complexity index is 1300. The van der Waals surface area contributed by atoms with E-state index >= 15 is 0 Å². The number of urea groups is 1. The second-order valence-electron chi connectivity index (χ2n) is 13.2. The van der Waals surface area contributed by atoms with Crippen molar-refractivity contribution in [1.29, 1.82) is 0 Å². The third-order valence-electron chi connectivity index (χ3n) is 10.7. The molecule has 1 unspecified atom stereocenters. The van der Waals surface area contributed by atoms with Crippen LogP contribution in [0.5, 0.6) is 5.75 Å². The van der Waals surface area contributed by atoms with Gasteiger partial charge >= 0.3 is 6.03 Å². The Morgan fingerprint density at radius 3 is 2.30 bits per heavy atom. The van der Waals surface area contributed by atoms with Gasteiger partial charge in [0.15, 0.2) is 0 Å². The van der Waals surface area contributed by atoms with E-state index in [1.54, 1.807) is 17.0 Å². The largest absolute Gasteiger partial charge is 0.507 e. The third kappa shape index (κ3) is 6.37. The number of anilines is 1. The molecule has 0 bridgehead atoms. The minimum atomic E-state index is -0.274. The Morgan fingerprint density at radius 2 is 1.63 bits per heavy atom. The van der Waals surface area contributed by atoms with Crippen LogP contribution in [0.25, 0.3) is 11.8 Å². The molecule has 3 fully saturated rings. The minimum Gasteiger partial charge on any atom is -0.507 e. The van der Waals surface area contributed by atoms with Crippen LogP contribution in [0.15, 0.2) is 24.3 Å². The normalized spacial score (nSPS) is 24.3. The molecule has 0 saturated carbocycles. The number of nitrogens with two attached hydrogens (primary N) is 3. The molecule has 2 aromatic rings. The van der Waals surface area contributed by atoms with E-state index in [-0.39, 0.29) is 17.8 Å². The third-order valence-corrected chi connectivity index (χ3v) is 10.7. The van der Waals surface area contributed by atoms with E-state index in [2.05, 4.69) is 26.6 Å². The van der Waals surface area contributed by atoms with Gasteiger partial charge in [0.05, 0.1) is 0 Å². The fourth-order valence-corrected chi connectivity index (χ4v) is 8.24. The molecule has 0 radical (unpaired) electrons. The molecule has 1 aromatic carbocycles. The number of primary amides is 1. The first-order chi connectivity index (χ1) is 20.8. The molecule has 10 heteroatoms. The molecule has 0 spiro atoms. The first-order valence-electron chi connectivity index (χ1n) is 16.3. The summed E-state index contributed by atoms with van der Waals surface area (Å²) in [5.41, 5.74) is 23.0. The van der Waals surface area contributed by atoms with Gasteiger partial charge in [-0.25, -0.2) is 4.79 Å². The summed E-state index contributed by atoms with van der Waals surface area (Å²) < 4.78 is 0. The van der Waals surface area contributed by atoms with Crippen LogP contribution in [-0.2, 0) is 6.42 Å². The van der Waals surface area contributed by atoms with Crippen LogP contribution in [0, 0.1) is 5.92 Å². The molecule has 10 nitrogen and oxygen atoms in total. The van der Waals surface area contributed by atoms with Crippen molar-refractivity contribution in [3.8, 4) is 5.75 Å². The van der Waals surface area contributed by atoms with Gasteiger partial charge in [0.25, 0.3) is 0 Å². The fraction of sp³-hybridized carbons (Fsp3) is 0.606. The number of aromatic hydroxyl groups is 1. The SMILES string of the molecule is CC1c2c([nH]c(N)c2/C=C(\N)c2ccccc2O)CCN1C1CCN(C2CCN(CC3CCN(C(N)=O)CC3)CC2)CC1. The quantitative estimate of drug-likeness (QED) is 0.347. The lowest BCUT2D eigenvalue weighted by molar-refractivity contribution is 0.0345. The van der Waals surface area contributed by atoms with Crippen molar-refractivity contribution in [2.45, 2.75) is 70.0 Å². The number of likely N-dealkylation sites (tertiary alicyclic amines) is 3. The number of piperidine rings is 3. The number of nitrogen functional groups attached to an aromatic ring is 1. The number of aromatic amines is 1. The highest BCUT2D eigenvalue weighted by molar-refractivity contribution is 5.86. The number of fused-ring (bicyclic) bond motifs is 1. The summed E-state index contributed by atoms with van der Waals surface area (Å²) in [7, 11) is 0. The summed E-state index contributed by atoms with van der Waals surface area (Å²) in [4.78, 5) is 24.7. The van der Waals surface area contributed by atoms with Crippen molar-refractivity contribution in [3.05, 3.63) is 46.6 Å². The van der Waals surface area contributed by atoms with Crippen LogP contribution >= 0.6 is 0 Å². The van der Waals surface area contributed by atoms with E-state index in [1.807, 2.05) is 18.2 Å². The first kappa shape index (κ1) is 29.8. The lowest BCUT2D eigenvalue weighted by Crippen LogP contribution is -2.52. The molecule has 1 atom stereocenters. The highest BCUT2D eigenvalue weighted by Gasteiger charge is 2.36. The average molecular weight is 591 g/mol. The summed E-state index contributed by atoms with van der Waals surface area (Å²) in [6.07, 6.45) is 9.93. The smallest absolute Gasteiger partial charge is 0.314 e. The van der Waals surface area contributed by atoms with E-state index in [0.29, 0.717) is 35.1 Å². The van der Waals surface area contributed by atoms with Crippen molar-refractivity contribution in [2.75, 3.05) is 58.1 Å². The number of para-hydroxylation sites is 1. The van der Waals surface area contributed by atoms with E-state index < -0.39 is 0 Å². The van der Waals surface area contributed by atoms with Gasteiger partial charge < -0.3 is 42.0 Å². The summed E-state index contributed by atoms with van der Waals surface area (Å²) in [5.74, 6) is 1.51. The van der Waals surface area contributed by atoms with Crippen LogP contribution < -0.4 is 17.2 Å². The van der Waals surface area contributed by atoms with Crippen molar-refractivity contribution in [3.63, 3.8) is 0 Å². The van der Waals surface area contributed by atoms with Gasteiger partial charge in [-0.05, 0) is 101 Å².